The molecular weight excluding hydrogens is 1760 g/mol. The summed E-state index contributed by atoms with van der Waals surface area (Å²) < 4.78 is 145. The van der Waals surface area contributed by atoms with Gasteiger partial charge in [-0.2, -0.15) is 0 Å². The van der Waals surface area contributed by atoms with Crippen molar-refractivity contribution in [3.63, 3.8) is 0 Å². The van der Waals surface area contributed by atoms with Crippen molar-refractivity contribution < 1.29 is 208 Å². The topological polar surface area (TPSA) is 705 Å². The molecule has 8 saturated heterocycles. The van der Waals surface area contributed by atoms with E-state index < -0.39 is 236 Å². The van der Waals surface area contributed by atoms with Crippen molar-refractivity contribution in [1.29, 1.82) is 0 Å². The number of ether oxygens (including phenoxy) is 17. The molecule has 1 unspecified atom stereocenters. The SMILES string of the molecule is CC(=O)NC[C@H]1O[C@@H](OC(C)C)[C@H](O)[C@@H]1O.CC(=O)OC[C@H]1O[C@@H](OC(C)C)[C@H](O)[C@@H]1O.CC(=O)[C@H]1O[C@@H](OC(C)C)[C@H](O)[C@@H]1O.CC(C)C.CC(C)O[C@@H]1O[C@H](CCP(C)(C)=O)[C@@H](O)[C@H]1O.CC(C)O[C@@H]1O[C@H](CCS(C)(=O)=O)[C@@H](O)[C@H]1O.CC(C)O[C@@H]1O[C@H](CNS(C)(=O)=O)[C@@H](O)[C@H]1O.CC(C)O[C@@H]1O[C@H](COC(N)=O)[C@@H](O)[C@H]1O.CC[C@H]1O[C@@H](O)[C@@H](O)C1O. The Bertz CT molecular complexity index is 3150. The minimum absolute atomic E-state index is 0.0796. The molecule has 2 amide bonds. The Morgan fingerprint density at radius 3 is 0.906 bits per heavy atom. The molecular formula is C78H154N3O43PS2. The van der Waals surface area contributed by atoms with Crippen LogP contribution in [0.15, 0.2) is 0 Å². The van der Waals surface area contributed by atoms with Gasteiger partial charge in [0.05, 0.1) is 80.2 Å². The first-order chi connectivity index (χ1) is 58.2. The first kappa shape index (κ1) is 124. The van der Waals surface area contributed by atoms with Gasteiger partial charge in [-0.15, -0.1) is 0 Å². The van der Waals surface area contributed by atoms with Crippen LogP contribution in [0.4, 0.5) is 4.79 Å². The summed E-state index contributed by atoms with van der Waals surface area (Å²) in [5.74, 6) is -0.237. The Morgan fingerprint density at radius 2 is 0.654 bits per heavy atom. The highest BCUT2D eigenvalue weighted by Gasteiger charge is 2.51. The molecule has 756 valence electrons. The average molecular weight is 1920 g/mol. The number of aliphatic hydroxyl groups is 17. The third-order valence-electron chi connectivity index (χ3n) is 17.8. The van der Waals surface area contributed by atoms with Crippen LogP contribution in [-0.2, 0) is 119 Å². The average Bonchev–Trinajstić information content (AvgIpc) is 1.65. The van der Waals surface area contributed by atoms with Gasteiger partial charge in [0.1, 0.15) is 151 Å². The van der Waals surface area contributed by atoms with Crippen LogP contribution in [0.5, 0.6) is 0 Å². The van der Waals surface area contributed by atoms with E-state index in [2.05, 4.69) is 35.5 Å². The van der Waals surface area contributed by atoms with Gasteiger partial charge in [0.15, 0.2) is 56.1 Å². The lowest BCUT2D eigenvalue weighted by Gasteiger charge is -2.18. The van der Waals surface area contributed by atoms with Gasteiger partial charge in [-0.1, -0.05) is 27.7 Å². The lowest BCUT2D eigenvalue weighted by Crippen LogP contribution is -2.39. The standard InChI is InChI=1S/C11H23O5P.C10H19NO5.C10H20O6S.C10H18O6.C9H19NO6S.C9H17NO6.C9H16O5.C6H12O4.C4H10/c1-7(2)15-11-10(13)9(12)8(16-11)5-6-17(3,4)14;1-5(2)15-10-9(14)8(13)7(16-10)4-11-6(3)12;1-6(2)15-10-9(12)8(11)7(16-10)4-5-17(3,13)14;1-5(2)15-10-9(13)8(12)7(16-10)4-14-6(3)11;1-5(2)15-9-8(12)7(11)6(16-9)4-10-17(3,13)14;1-4(2)15-8-7(12)6(11)5(16-8)3-14-9(10)13;1-4(2)13-9-7(12)6(11)8(14-9)5(3)10;1-2-3-4(7)5(8)6(9)10-3;1-4(2)3/h7-13H,5-6H2,1-4H3;5,7-10,13-14H,4H2,1-3H3,(H,11,12);6-12H,4-5H2,1-3H3;5,7-10,12-13H,4H2,1-3H3;5-12H,4H2,1-3H3;4-8,11-12H,3H2,1-2H3,(H2,10,13);4,6-9,11-12H,1-3H3;3-9H,2H2,1H3;4H,1-3H3/t8-,9-,10-,11-;3*7-,8-,9-,10-;6-,7-,8-,9-;5-,6-,7-,8-;6-,7+,8+,9+;3-,4?,5+,6-;/m11111101./s1. The second-order valence-corrected chi connectivity index (χ2v) is 41.8. The first-order valence-electron chi connectivity index (χ1n) is 42.0. The molecule has 0 spiro atoms. The number of primary amides is 1. The van der Waals surface area contributed by atoms with Crippen LogP contribution in [0.1, 0.15) is 165 Å². The summed E-state index contributed by atoms with van der Waals surface area (Å²) in [6, 6.07) is 0. The van der Waals surface area contributed by atoms with Crippen LogP contribution in [0.2, 0.25) is 0 Å². The summed E-state index contributed by atoms with van der Waals surface area (Å²) in [7, 11) is -8.59. The minimum Gasteiger partial charge on any atom is -0.463 e. The zero-order chi connectivity index (χ0) is 98.7. The number of aliphatic hydroxyl groups excluding tert-OH is 17. The Labute approximate surface area is 745 Å². The Balaban J connectivity index is 0.00000142. The third-order valence-corrected chi connectivity index (χ3v) is 20.8. The van der Waals surface area contributed by atoms with Gasteiger partial charge in [0.2, 0.25) is 15.9 Å². The van der Waals surface area contributed by atoms with Gasteiger partial charge >= 0.3 is 12.1 Å². The van der Waals surface area contributed by atoms with Crippen molar-refractivity contribution >= 4 is 50.8 Å². The monoisotopic (exact) mass is 1920 g/mol. The number of carbonyl (C=O) groups excluding carboxylic acids is 4. The van der Waals surface area contributed by atoms with Crippen molar-refractivity contribution in [2.24, 2.45) is 11.7 Å². The van der Waals surface area contributed by atoms with E-state index in [-0.39, 0.29) is 92.9 Å². The molecule has 8 aliphatic heterocycles. The maximum absolute atomic E-state index is 11.6. The summed E-state index contributed by atoms with van der Waals surface area (Å²) in [6.07, 6.45) is -28.8. The molecule has 0 aliphatic carbocycles. The number of nitrogens with two attached hydrogens (primary N) is 1. The van der Waals surface area contributed by atoms with Crippen molar-refractivity contribution in [3.8, 4) is 0 Å². The second-order valence-electron chi connectivity index (χ2n) is 34.1. The van der Waals surface area contributed by atoms with E-state index >= 15 is 0 Å². The molecule has 0 radical (unpaired) electrons. The molecule has 0 aromatic heterocycles. The molecule has 8 heterocycles. The fourth-order valence-electron chi connectivity index (χ4n) is 11.7. The zero-order valence-electron chi connectivity index (χ0n) is 77.5. The highest BCUT2D eigenvalue weighted by molar-refractivity contribution is 7.90. The number of ketones is 1. The van der Waals surface area contributed by atoms with E-state index in [1.807, 2.05) is 34.6 Å². The number of esters is 1. The van der Waals surface area contributed by atoms with E-state index in [1.54, 1.807) is 82.6 Å². The fourth-order valence-corrected chi connectivity index (χ4v) is 13.7. The summed E-state index contributed by atoms with van der Waals surface area (Å²) >= 11 is 0. The fraction of sp³-hybridized carbons (Fsp3) is 0.949. The first-order valence-corrected chi connectivity index (χ1v) is 48.8. The maximum Gasteiger partial charge on any atom is 0.404 e. The molecule has 0 aromatic rings. The Kier molecular flexibility index (Phi) is 58.0. The van der Waals surface area contributed by atoms with E-state index in [0.717, 1.165) is 18.4 Å². The maximum atomic E-state index is 11.6. The van der Waals surface area contributed by atoms with Gasteiger partial charge < -0.3 is 183 Å². The van der Waals surface area contributed by atoms with Gasteiger partial charge in [-0.3, -0.25) is 14.4 Å². The summed E-state index contributed by atoms with van der Waals surface area (Å²) in [6.45, 7) is 40.5. The number of amides is 2. The molecule has 0 aromatic carbocycles. The lowest BCUT2D eigenvalue weighted by molar-refractivity contribution is -0.189. The van der Waals surface area contributed by atoms with Crippen LogP contribution >= 0.6 is 7.14 Å². The zero-order valence-corrected chi connectivity index (χ0v) is 80.0. The summed E-state index contributed by atoms with van der Waals surface area (Å²) in [4.78, 5) is 42.7. The molecule has 46 nitrogen and oxygen atoms in total. The van der Waals surface area contributed by atoms with Crippen molar-refractivity contribution in [2.75, 3.05) is 64.1 Å². The Morgan fingerprint density at radius 1 is 0.378 bits per heavy atom. The predicted molar refractivity (Wildman–Crippen MR) is 450 cm³/mol. The molecule has 21 N–H and O–H groups in total. The van der Waals surface area contributed by atoms with E-state index in [0.29, 0.717) is 19.0 Å². The van der Waals surface area contributed by atoms with Gasteiger partial charge in [-0.05, 0) is 142 Å². The quantitative estimate of drug-likeness (QED) is 0.0232. The molecule has 8 rings (SSSR count). The second kappa shape index (κ2) is 59.5. The number of hydrogen-bond donors (Lipinski definition) is 20. The van der Waals surface area contributed by atoms with E-state index in [4.69, 9.17) is 96.8 Å². The molecule has 8 fully saturated rings. The van der Waals surface area contributed by atoms with Crippen LogP contribution < -0.4 is 15.8 Å². The van der Waals surface area contributed by atoms with Gasteiger partial charge in [0, 0.05) is 39.4 Å². The molecule has 0 bridgehead atoms. The number of sulfone groups is 1. The highest BCUT2D eigenvalue weighted by atomic mass is 32.2. The van der Waals surface area contributed by atoms with Gasteiger partial charge in [0.25, 0.3) is 0 Å². The lowest BCUT2D eigenvalue weighted by atomic mass is 10.1. The molecule has 32 atom stereocenters. The molecule has 0 saturated carbocycles. The van der Waals surface area contributed by atoms with Crippen LogP contribution in [0, 0.1) is 5.92 Å². The summed E-state index contributed by atoms with van der Waals surface area (Å²) in [5.41, 5.74) is 4.77. The number of Topliss-reactive ketones (excluding diaryl/α,β-unsaturated/α-hetero) is 1. The normalized spacial score (nSPS) is 35.1. The molecule has 8 aliphatic rings. The smallest absolute Gasteiger partial charge is 0.404 e. The highest BCUT2D eigenvalue weighted by Crippen LogP contribution is 2.39. The number of nitrogens with one attached hydrogen (secondary N) is 2. The number of carbonyl (C=O) groups is 4. The number of hydrogen-bond acceptors (Lipinski definition) is 43. The van der Waals surface area contributed by atoms with Crippen molar-refractivity contribution in [3.05, 3.63) is 0 Å². The van der Waals surface area contributed by atoms with Crippen LogP contribution in [0.25, 0.3) is 0 Å². The molecule has 127 heavy (non-hydrogen) atoms. The largest absolute Gasteiger partial charge is 0.463 e. The van der Waals surface area contributed by atoms with Crippen molar-refractivity contribution in [1.82, 2.24) is 10.0 Å². The van der Waals surface area contributed by atoms with Gasteiger partial charge in [-0.25, -0.2) is 26.4 Å². The third kappa shape index (κ3) is 48.6. The summed E-state index contributed by atoms with van der Waals surface area (Å²) in [5, 5.41) is 164. The molecule has 49 heteroatoms. The minimum atomic E-state index is -3.36. The van der Waals surface area contributed by atoms with E-state index in [9.17, 15) is 112 Å². The van der Waals surface area contributed by atoms with Crippen LogP contribution in [-0.4, -0.2) is 431 Å². The predicted octanol–water partition coefficient (Wildman–Crippen LogP) is -4.12. The van der Waals surface area contributed by atoms with Crippen molar-refractivity contribution in [2.45, 2.75) is 404 Å². The Hall–Kier alpha value is -3.31. The van der Waals surface area contributed by atoms with E-state index in [1.165, 1.54) is 20.8 Å². The number of rotatable bonds is 31. The number of sulfonamides is 1. The van der Waals surface area contributed by atoms with Crippen LogP contribution in [0.3, 0.4) is 0 Å².